The first kappa shape index (κ1) is 9.64. The van der Waals surface area contributed by atoms with Crippen molar-refractivity contribution in [3.8, 4) is 5.75 Å². The highest BCUT2D eigenvalue weighted by Crippen LogP contribution is 2.23. The van der Waals surface area contributed by atoms with Crippen molar-refractivity contribution in [2.24, 2.45) is 0 Å². The smallest absolute Gasteiger partial charge is 0.387 e. The van der Waals surface area contributed by atoms with Gasteiger partial charge in [-0.3, -0.25) is 4.79 Å². The fourth-order valence-corrected chi connectivity index (χ4v) is 1.37. The van der Waals surface area contributed by atoms with Gasteiger partial charge in [0.1, 0.15) is 5.75 Å². The quantitative estimate of drug-likeness (QED) is 0.826. The molecular formula is C10H7F2NO2. The number of aromatic amines is 1. The van der Waals surface area contributed by atoms with E-state index in [0.29, 0.717) is 10.9 Å². The fourth-order valence-electron chi connectivity index (χ4n) is 1.37. The molecule has 0 saturated heterocycles. The van der Waals surface area contributed by atoms with Gasteiger partial charge in [0, 0.05) is 11.5 Å². The topological polar surface area (TPSA) is 42.1 Å². The van der Waals surface area contributed by atoms with Gasteiger partial charge in [0.15, 0.2) is 0 Å². The third-order valence-corrected chi connectivity index (χ3v) is 1.93. The van der Waals surface area contributed by atoms with E-state index >= 15 is 0 Å². The number of hydrogen-bond donors (Lipinski definition) is 1. The maximum atomic E-state index is 12.0. The number of para-hydroxylation sites is 1. The summed E-state index contributed by atoms with van der Waals surface area (Å²) >= 11 is 0. The molecule has 0 saturated carbocycles. The average Bonchev–Trinajstić information content (AvgIpc) is 2.16. The Morgan fingerprint density at radius 2 is 2.00 bits per heavy atom. The normalized spacial score (nSPS) is 10.9. The van der Waals surface area contributed by atoms with E-state index in [1.165, 1.54) is 0 Å². The van der Waals surface area contributed by atoms with E-state index in [2.05, 4.69) is 9.72 Å². The summed E-state index contributed by atoms with van der Waals surface area (Å²) in [5, 5.41) is 0.456. The van der Waals surface area contributed by atoms with Gasteiger partial charge in [-0.15, -0.1) is 0 Å². The number of H-pyrrole nitrogens is 1. The number of fused-ring (bicyclic) bond motifs is 1. The van der Waals surface area contributed by atoms with Crippen LogP contribution in [0.1, 0.15) is 0 Å². The van der Waals surface area contributed by atoms with Gasteiger partial charge in [0.05, 0.1) is 5.52 Å². The molecule has 0 atom stereocenters. The number of alkyl halides is 2. The van der Waals surface area contributed by atoms with Gasteiger partial charge in [-0.1, -0.05) is 12.1 Å². The summed E-state index contributed by atoms with van der Waals surface area (Å²) in [4.78, 5) is 13.6. The first-order chi connectivity index (χ1) is 7.16. The van der Waals surface area contributed by atoms with E-state index in [9.17, 15) is 13.6 Å². The number of nitrogens with one attached hydrogen (secondary N) is 1. The van der Waals surface area contributed by atoms with E-state index in [-0.39, 0.29) is 5.75 Å². The third-order valence-electron chi connectivity index (χ3n) is 1.93. The van der Waals surface area contributed by atoms with E-state index in [0.717, 1.165) is 6.07 Å². The third kappa shape index (κ3) is 1.96. The molecule has 1 aromatic carbocycles. The molecule has 3 nitrogen and oxygen atoms in total. The summed E-state index contributed by atoms with van der Waals surface area (Å²) in [5.74, 6) is -0.107. The molecule has 0 unspecified atom stereocenters. The standard InChI is InChI=1S/C10H7F2NO2/c11-10(12)15-8-5-9(14)13-7-4-2-1-3-6(7)8/h1-5,10H,(H,13,14). The summed E-state index contributed by atoms with van der Waals surface area (Å²) in [7, 11) is 0. The van der Waals surface area contributed by atoms with Crippen LogP contribution in [0.25, 0.3) is 10.9 Å². The van der Waals surface area contributed by atoms with Crippen LogP contribution in [-0.2, 0) is 0 Å². The van der Waals surface area contributed by atoms with Gasteiger partial charge in [0.25, 0.3) is 5.56 Å². The summed E-state index contributed by atoms with van der Waals surface area (Å²) in [6.07, 6.45) is 0. The second-order valence-corrected chi connectivity index (χ2v) is 2.92. The number of pyridine rings is 1. The van der Waals surface area contributed by atoms with Gasteiger partial charge in [0.2, 0.25) is 0 Å². The Bertz CT molecular complexity index is 536. The zero-order valence-corrected chi connectivity index (χ0v) is 7.54. The number of ether oxygens (including phenoxy) is 1. The predicted octanol–water partition coefficient (Wildman–Crippen LogP) is 2.13. The lowest BCUT2D eigenvalue weighted by Gasteiger charge is -2.06. The second-order valence-electron chi connectivity index (χ2n) is 2.92. The van der Waals surface area contributed by atoms with Crippen LogP contribution in [0.4, 0.5) is 8.78 Å². The van der Waals surface area contributed by atoms with Crippen molar-refractivity contribution in [2.75, 3.05) is 0 Å². The van der Waals surface area contributed by atoms with Crippen molar-refractivity contribution in [3.63, 3.8) is 0 Å². The molecule has 0 aliphatic carbocycles. The Labute approximate surface area is 83.3 Å². The lowest BCUT2D eigenvalue weighted by Crippen LogP contribution is -2.09. The van der Waals surface area contributed by atoms with E-state index in [4.69, 9.17) is 0 Å². The minimum Gasteiger partial charge on any atom is -0.434 e. The van der Waals surface area contributed by atoms with Crippen LogP contribution in [0.2, 0.25) is 0 Å². The molecule has 2 aromatic rings. The monoisotopic (exact) mass is 211 g/mol. The Morgan fingerprint density at radius 3 is 2.73 bits per heavy atom. The number of hydrogen-bond acceptors (Lipinski definition) is 2. The summed E-state index contributed by atoms with van der Waals surface area (Å²) in [6.45, 7) is -2.93. The largest absolute Gasteiger partial charge is 0.434 e. The van der Waals surface area contributed by atoms with Crippen molar-refractivity contribution < 1.29 is 13.5 Å². The van der Waals surface area contributed by atoms with E-state index < -0.39 is 12.2 Å². The molecule has 1 N–H and O–H groups in total. The van der Waals surface area contributed by atoms with Crippen LogP contribution < -0.4 is 10.3 Å². The number of rotatable bonds is 2. The van der Waals surface area contributed by atoms with Gasteiger partial charge < -0.3 is 9.72 Å². The summed E-state index contributed by atoms with van der Waals surface area (Å²) < 4.78 is 28.3. The highest BCUT2D eigenvalue weighted by molar-refractivity contribution is 5.84. The van der Waals surface area contributed by atoms with Crippen LogP contribution >= 0.6 is 0 Å². The number of halogens is 2. The Morgan fingerprint density at radius 1 is 1.27 bits per heavy atom. The van der Waals surface area contributed by atoms with Gasteiger partial charge in [-0.25, -0.2) is 0 Å². The molecule has 0 radical (unpaired) electrons. The molecule has 15 heavy (non-hydrogen) atoms. The van der Waals surface area contributed by atoms with Crippen molar-refractivity contribution in [1.29, 1.82) is 0 Å². The van der Waals surface area contributed by atoms with Crippen LogP contribution in [0.5, 0.6) is 5.75 Å². The molecule has 0 spiro atoms. The fraction of sp³-hybridized carbons (Fsp3) is 0.100. The molecule has 0 aliphatic rings. The van der Waals surface area contributed by atoms with Crippen molar-refractivity contribution in [2.45, 2.75) is 6.61 Å². The lowest BCUT2D eigenvalue weighted by molar-refractivity contribution is -0.0488. The molecule has 0 bridgehead atoms. The van der Waals surface area contributed by atoms with Crippen molar-refractivity contribution in [1.82, 2.24) is 4.98 Å². The zero-order chi connectivity index (χ0) is 10.8. The Hall–Kier alpha value is -1.91. The van der Waals surface area contributed by atoms with Crippen LogP contribution in [0.15, 0.2) is 35.1 Å². The predicted molar refractivity (Wildman–Crippen MR) is 51.2 cm³/mol. The minimum absolute atomic E-state index is 0.107. The SMILES string of the molecule is O=c1cc(OC(F)F)c2ccccc2[nH]1. The molecule has 0 fully saturated rings. The minimum atomic E-state index is -2.93. The molecule has 5 heteroatoms. The van der Waals surface area contributed by atoms with Crippen molar-refractivity contribution in [3.05, 3.63) is 40.7 Å². The van der Waals surface area contributed by atoms with Crippen LogP contribution in [-0.4, -0.2) is 11.6 Å². The molecular weight excluding hydrogens is 204 g/mol. The first-order valence-corrected chi connectivity index (χ1v) is 4.24. The van der Waals surface area contributed by atoms with E-state index in [1.54, 1.807) is 24.3 Å². The Kier molecular flexibility index (Phi) is 2.37. The highest BCUT2D eigenvalue weighted by Gasteiger charge is 2.09. The van der Waals surface area contributed by atoms with Crippen molar-refractivity contribution >= 4 is 10.9 Å². The highest BCUT2D eigenvalue weighted by atomic mass is 19.3. The molecule has 1 aromatic heterocycles. The molecule has 78 valence electrons. The lowest BCUT2D eigenvalue weighted by atomic mass is 10.2. The molecule has 2 rings (SSSR count). The maximum absolute atomic E-state index is 12.0. The van der Waals surface area contributed by atoms with Crippen LogP contribution in [0, 0.1) is 0 Å². The average molecular weight is 211 g/mol. The number of aromatic nitrogens is 1. The summed E-state index contributed by atoms with van der Waals surface area (Å²) in [6, 6.07) is 7.61. The Balaban J connectivity index is 2.66. The van der Waals surface area contributed by atoms with E-state index in [1.807, 2.05) is 0 Å². The molecule has 0 amide bonds. The maximum Gasteiger partial charge on any atom is 0.387 e. The van der Waals surface area contributed by atoms with Gasteiger partial charge >= 0.3 is 6.61 Å². The van der Waals surface area contributed by atoms with Crippen LogP contribution in [0.3, 0.4) is 0 Å². The second kappa shape index (κ2) is 3.68. The molecule has 1 heterocycles. The molecule has 0 aliphatic heterocycles. The van der Waals surface area contributed by atoms with Gasteiger partial charge in [-0.05, 0) is 12.1 Å². The van der Waals surface area contributed by atoms with Gasteiger partial charge in [-0.2, -0.15) is 8.78 Å². The number of benzene rings is 1. The summed E-state index contributed by atoms with van der Waals surface area (Å²) in [5.41, 5.74) is 0.00463. The zero-order valence-electron chi connectivity index (χ0n) is 7.54. The first-order valence-electron chi connectivity index (χ1n) is 4.24.